The Morgan fingerprint density at radius 1 is 1.29 bits per heavy atom. The van der Waals surface area contributed by atoms with E-state index in [0.717, 1.165) is 42.7 Å². The summed E-state index contributed by atoms with van der Waals surface area (Å²) in [6, 6.07) is 8.45. The molecule has 2 N–H and O–H groups in total. The Morgan fingerprint density at radius 3 is 2.57 bits per heavy atom. The van der Waals surface area contributed by atoms with Crippen molar-refractivity contribution < 1.29 is 4.79 Å². The Hall–Kier alpha value is -1.06. The lowest BCUT2D eigenvalue weighted by Crippen LogP contribution is -2.39. The quantitative estimate of drug-likeness (QED) is 0.925. The Kier molecular flexibility index (Phi) is 4.23. The van der Waals surface area contributed by atoms with Gasteiger partial charge in [0.25, 0.3) is 0 Å². The van der Waals surface area contributed by atoms with Crippen LogP contribution >= 0.6 is 11.6 Å². The maximum atomic E-state index is 12.9. The number of benzene rings is 1. The summed E-state index contributed by atoms with van der Waals surface area (Å²) in [6.07, 6.45) is 4.95. The third-order valence-corrected chi connectivity index (χ3v) is 5.13. The van der Waals surface area contributed by atoms with Gasteiger partial charge in [0.2, 0.25) is 5.91 Å². The molecule has 3 atom stereocenters. The summed E-state index contributed by atoms with van der Waals surface area (Å²) >= 11 is 6.32. The number of rotatable bonds is 4. The summed E-state index contributed by atoms with van der Waals surface area (Å²) in [5.41, 5.74) is 7.02. The average Bonchev–Trinajstić information content (AvgIpc) is 3.20. The van der Waals surface area contributed by atoms with Crippen LogP contribution in [0.2, 0.25) is 5.02 Å². The molecule has 0 aliphatic heterocycles. The minimum atomic E-state index is 0.0375. The monoisotopic (exact) mass is 306 g/mol. The SMILES string of the molecule is C[C@H](c1ccccc1Cl)N(C(=O)[C@H]1CC[C@H](N)C1)C1CC1. The summed E-state index contributed by atoms with van der Waals surface area (Å²) in [5.74, 6) is 0.378. The highest BCUT2D eigenvalue weighted by Crippen LogP contribution is 2.39. The Balaban J connectivity index is 1.81. The fourth-order valence-electron chi connectivity index (χ4n) is 3.46. The van der Waals surface area contributed by atoms with Crippen LogP contribution in [0.5, 0.6) is 0 Å². The van der Waals surface area contributed by atoms with Crippen LogP contribution in [0.1, 0.15) is 50.6 Å². The van der Waals surface area contributed by atoms with E-state index in [1.807, 2.05) is 24.3 Å². The van der Waals surface area contributed by atoms with E-state index in [0.29, 0.717) is 6.04 Å². The molecule has 0 aromatic heterocycles. The van der Waals surface area contributed by atoms with Crippen LogP contribution in [0.4, 0.5) is 0 Å². The zero-order valence-electron chi connectivity index (χ0n) is 12.5. The van der Waals surface area contributed by atoms with Gasteiger partial charge in [-0.3, -0.25) is 4.79 Å². The van der Waals surface area contributed by atoms with E-state index < -0.39 is 0 Å². The molecule has 4 heteroatoms. The molecular formula is C17H23ClN2O. The Bertz CT molecular complexity index is 529. The zero-order chi connectivity index (χ0) is 15.0. The number of hydrogen-bond acceptors (Lipinski definition) is 2. The summed E-state index contributed by atoms with van der Waals surface area (Å²) < 4.78 is 0. The van der Waals surface area contributed by atoms with Crippen molar-refractivity contribution in [1.29, 1.82) is 0 Å². The van der Waals surface area contributed by atoms with E-state index >= 15 is 0 Å². The Morgan fingerprint density at radius 2 is 2.00 bits per heavy atom. The lowest BCUT2D eigenvalue weighted by atomic mass is 10.0. The predicted molar refractivity (Wildman–Crippen MR) is 85.1 cm³/mol. The van der Waals surface area contributed by atoms with Crippen molar-refractivity contribution in [3.05, 3.63) is 34.9 Å². The van der Waals surface area contributed by atoms with Crippen molar-refractivity contribution in [2.24, 2.45) is 11.7 Å². The highest BCUT2D eigenvalue weighted by molar-refractivity contribution is 6.31. The molecule has 0 saturated heterocycles. The van der Waals surface area contributed by atoms with Crippen molar-refractivity contribution in [2.75, 3.05) is 0 Å². The minimum absolute atomic E-state index is 0.0375. The molecule has 21 heavy (non-hydrogen) atoms. The van der Waals surface area contributed by atoms with Gasteiger partial charge in [-0.15, -0.1) is 0 Å². The first-order valence-corrected chi connectivity index (χ1v) is 8.28. The van der Waals surface area contributed by atoms with Crippen molar-refractivity contribution in [3.8, 4) is 0 Å². The highest BCUT2D eigenvalue weighted by Gasteiger charge is 2.41. The van der Waals surface area contributed by atoms with E-state index in [4.69, 9.17) is 17.3 Å². The van der Waals surface area contributed by atoms with Crippen molar-refractivity contribution in [2.45, 2.75) is 57.2 Å². The van der Waals surface area contributed by atoms with E-state index in [2.05, 4.69) is 11.8 Å². The molecule has 0 heterocycles. The largest absolute Gasteiger partial charge is 0.333 e. The van der Waals surface area contributed by atoms with Crippen LogP contribution in [0.3, 0.4) is 0 Å². The first kappa shape index (κ1) is 14.9. The van der Waals surface area contributed by atoms with Gasteiger partial charge >= 0.3 is 0 Å². The second kappa shape index (κ2) is 5.98. The summed E-state index contributed by atoms with van der Waals surface area (Å²) in [5, 5.41) is 0.742. The second-order valence-corrected chi connectivity index (χ2v) is 6.85. The number of carbonyl (C=O) groups is 1. The standard InChI is InChI=1S/C17H23ClN2O/c1-11(15-4-2-3-5-16(15)18)20(14-8-9-14)17(21)12-6-7-13(19)10-12/h2-5,11-14H,6-10,19H2,1H3/t11-,12+,13+/m1/s1. The molecule has 114 valence electrons. The minimum Gasteiger partial charge on any atom is -0.333 e. The van der Waals surface area contributed by atoms with E-state index in [1.165, 1.54) is 0 Å². The number of halogens is 1. The van der Waals surface area contributed by atoms with Gasteiger partial charge < -0.3 is 10.6 Å². The third-order valence-electron chi connectivity index (χ3n) is 4.79. The molecule has 2 saturated carbocycles. The smallest absolute Gasteiger partial charge is 0.226 e. The van der Waals surface area contributed by atoms with Crippen LogP contribution < -0.4 is 5.73 Å². The van der Waals surface area contributed by atoms with Crippen molar-refractivity contribution in [1.82, 2.24) is 4.90 Å². The van der Waals surface area contributed by atoms with Gasteiger partial charge in [0, 0.05) is 23.0 Å². The first-order chi connectivity index (χ1) is 10.1. The fourth-order valence-corrected chi connectivity index (χ4v) is 3.75. The van der Waals surface area contributed by atoms with Gasteiger partial charge in [-0.1, -0.05) is 29.8 Å². The van der Waals surface area contributed by atoms with E-state index in [1.54, 1.807) is 0 Å². The topological polar surface area (TPSA) is 46.3 Å². The van der Waals surface area contributed by atoms with Gasteiger partial charge in [-0.25, -0.2) is 0 Å². The highest BCUT2D eigenvalue weighted by atomic mass is 35.5. The van der Waals surface area contributed by atoms with Crippen LogP contribution in [0, 0.1) is 5.92 Å². The number of carbonyl (C=O) groups excluding carboxylic acids is 1. The fraction of sp³-hybridized carbons (Fsp3) is 0.588. The summed E-state index contributed by atoms with van der Waals surface area (Å²) in [7, 11) is 0. The van der Waals surface area contributed by atoms with Crippen LogP contribution in [0.25, 0.3) is 0 Å². The molecule has 0 radical (unpaired) electrons. The van der Waals surface area contributed by atoms with Crippen LogP contribution in [0.15, 0.2) is 24.3 Å². The van der Waals surface area contributed by atoms with Crippen LogP contribution in [-0.4, -0.2) is 22.9 Å². The molecule has 2 aliphatic rings. The molecule has 0 spiro atoms. The molecule has 2 aliphatic carbocycles. The molecule has 1 aromatic rings. The molecular weight excluding hydrogens is 284 g/mol. The lowest BCUT2D eigenvalue weighted by molar-refractivity contribution is -0.138. The van der Waals surface area contributed by atoms with E-state index in [-0.39, 0.29) is 23.9 Å². The molecule has 2 fully saturated rings. The number of amides is 1. The van der Waals surface area contributed by atoms with E-state index in [9.17, 15) is 4.79 Å². The molecule has 1 amide bonds. The summed E-state index contributed by atoms with van der Waals surface area (Å²) in [4.78, 5) is 15.0. The van der Waals surface area contributed by atoms with Gasteiger partial charge in [0.1, 0.15) is 0 Å². The van der Waals surface area contributed by atoms with Gasteiger partial charge in [0.05, 0.1) is 6.04 Å². The lowest BCUT2D eigenvalue weighted by Gasteiger charge is -2.32. The second-order valence-electron chi connectivity index (χ2n) is 6.44. The molecule has 3 nitrogen and oxygen atoms in total. The molecule has 3 rings (SSSR count). The number of nitrogens with two attached hydrogens (primary N) is 1. The number of hydrogen-bond donors (Lipinski definition) is 1. The van der Waals surface area contributed by atoms with Crippen molar-refractivity contribution >= 4 is 17.5 Å². The van der Waals surface area contributed by atoms with Gasteiger partial charge in [-0.05, 0) is 50.7 Å². The first-order valence-electron chi connectivity index (χ1n) is 7.90. The molecule has 0 bridgehead atoms. The molecule has 1 aromatic carbocycles. The van der Waals surface area contributed by atoms with Gasteiger partial charge in [0.15, 0.2) is 0 Å². The Labute approximate surface area is 131 Å². The zero-order valence-corrected chi connectivity index (χ0v) is 13.2. The maximum Gasteiger partial charge on any atom is 0.226 e. The van der Waals surface area contributed by atoms with Gasteiger partial charge in [-0.2, -0.15) is 0 Å². The summed E-state index contributed by atoms with van der Waals surface area (Å²) in [6.45, 7) is 2.09. The third kappa shape index (κ3) is 3.09. The van der Waals surface area contributed by atoms with Crippen molar-refractivity contribution in [3.63, 3.8) is 0 Å². The van der Waals surface area contributed by atoms with Crippen LogP contribution in [-0.2, 0) is 4.79 Å². The number of nitrogens with zero attached hydrogens (tertiary/aromatic N) is 1. The maximum absolute atomic E-state index is 12.9. The predicted octanol–water partition coefficient (Wildman–Crippen LogP) is 3.52. The normalized spacial score (nSPS) is 26.6. The average molecular weight is 307 g/mol. The molecule has 0 unspecified atom stereocenters.